The summed E-state index contributed by atoms with van der Waals surface area (Å²) in [4.78, 5) is 9.94. The minimum absolute atomic E-state index is 0.589. The Morgan fingerprint density at radius 3 is 2.10 bits per heavy atom. The van der Waals surface area contributed by atoms with E-state index < -0.39 is 0 Å². The van der Waals surface area contributed by atoms with E-state index in [0.717, 1.165) is 65.7 Å². The number of rotatable bonds is 6. The Labute approximate surface area is 183 Å². The molecular weight excluding hydrogens is 390 g/mol. The second-order valence-electron chi connectivity index (χ2n) is 8.22. The van der Waals surface area contributed by atoms with Crippen LogP contribution >= 0.6 is 0 Å². The summed E-state index contributed by atoms with van der Waals surface area (Å²) in [6.07, 6.45) is 2.46. The van der Waals surface area contributed by atoms with Crippen molar-refractivity contribution in [3.8, 4) is 17.2 Å². The molecule has 6 heteroatoms. The Balaban J connectivity index is 1.48. The fourth-order valence-corrected chi connectivity index (χ4v) is 4.46. The SMILES string of the molecule is COc1cc2cc(C3CC3)nc(N3CCN(c4ccccc4OC)CC3)c2cc1OC. The summed E-state index contributed by atoms with van der Waals surface area (Å²) in [5.41, 5.74) is 2.35. The molecule has 0 radical (unpaired) electrons. The molecule has 0 bridgehead atoms. The number of aromatic nitrogens is 1. The smallest absolute Gasteiger partial charge is 0.161 e. The zero-order valence-electron chi connectivity index (χ0n) is 18.4. The van der Waals surface area contributed by atoms with Crippen LogP contribution in [0.4, 0.5) is 11.5 Å². The van der Waals surface area contributed by atoms with Crippen LogP contribution in [0.1, 0.15) is 24.5 Å². The van der Waals surface area contributed by atoms with Crippen molar-refractivity contribution in [1.82, 2.24) is 4.98 Å². The van der Waals surface area contributed by atoms with Gasteiger partial charge >= 0.3 is 0 Å². The lowest BCUT2D eigenvalue weighted by molar-refractivity contribution is 0.356. The van der Waals surface area contributed by atoms with Crippen LogP contribution in [0, 0.1) is 0 Å². The molecule has 1 aromatic heterocycles. The lowest BCUT2D eigenvalue weighted by Gasteiger charge is -2.37. The Morgan fingerprint density at radius 2 is 1.42 bits per heavy atom. The standard InChI is InChI=1S/C25H29N3O3/c1-29-22-7-5-4-6-21(22)27-10-12-28(13-11-27)25-19-16-24(31-3)23(30-2)15-18(19)14-20(26-25)17-8-9-17/h4-7,14-17H,8-13H2,1-3H3. The first-order chi connectivity index (χ1) is 15.2. The molecule has 2 fully saturated rings. The number of anilines is 2. The van der Waals surface area contributed by atoms with E-state index in [-0.39, 0.29) is 0 Å². The minimum Gasteiger partial charge on any atom is -0.495 e. The average molecular weight is 420 g/mol. The fraction of sp³-hybridized carbons (Fsp3) is 0.400. The van der Waals surface area contributed by atoms with Gasteiger partial charge in [0.1, 0.15) is 11.6 Å². The second-order valence-corrected chi connectivity index (χ2v) is 8.22. The molecule has 1 aliphatic heterocycles. The van der Waals surface area contributed by atoms with Crippen molar-refractivity contribution >= 4 is 22.3 Å². The molecule has 2 aromatic carbocycles. The van der Waals surface area contributed by atoms with E-state index in [9.17, 15) is 0 Å². The highest BCUT2D eigenvalue weighted by Crippen LogP contribution is 2.43. The third-order valence-electron chi connectivity index (χ3n) is 6.34. The van der Waals surface area contributed by atoms with Gasteiger partial charge in [-0.15, -0.1) is 0 Å². The molecule has 2 aliphatic rings. The maximum Gasteiger partial charge on any atom is 0.161 e. The molecule has 5 rings (SSSR count). The first-order valence-electron chi connectivity index (χ1n) is 10.9. The number of nitrogens with zero attached hydrogens (tertiary/aromatic N) is 3. The van der Waals surface area contributed by atoms with Gasteiger partial charge in [0.15, 0.2) is 11.5 Å². The molecule has 6 nitrogen and oxygen atoms in total. The van der Waals surface area contributed by atoms with Crippen LogP contribution in [-0.2, 0) is 0 Å². The van der Waals surface area contributed by atoms with Crippen LogP contribution in [0.5, 0.6) is 17.2 Å². The van der Waals surface area contributed by atoms with Gasteiger partial charge in [0, 0.05) is 43.2 Å². The number of methoxy groups -OCH3 is 3. The molecule has 31 heavy (non-hydrogen) atoms. The van der Waals surface area contributed by atoms with Crippen LogP contribution in [0.15, 0.2) is 42.5 Å². The van der Waals surface area contributed by atoms with E-state index in [1.165, 1.54) is 18.5 Å². The van der Waals surface area contributed by atoms with Gasteiger partial charge in [0.05, 0.1) is 27.0 Å². The maximum atomic E-state index is 5.58. The van der Waals surface area contributed by atoms with Crippen molar-refractivity contribution in [3.05, 3.63) is 48.2 Å². The average Bonchev–Trinajstić information content (AvgIpc) is 3.68. The molecule has 0 atom stereocenters. The number of pyridine rings is 1. The van der Waals surface area contributed by atoms with Gasteiger partial charge in [-0.05, 0) is 48.6 Å². The predicted octanol–water partition coefficient (Wildman–Crippen LogP) is 4.46. The Bertz CT molecular complexity index is 1090. The van der Waals surface area contributed by atoms with E-state index in [1.807, 2.05) is 12.1 Å². The number of benzene rings is 2. The minimum atomic E-state index is 0.589. The van der Waals surface area contributed by atoms with Crippen LogP contribution in [-0.4, -0.2) is 52.5 Å². The molecule has 0 N–H and O–H groups in total. The zero-order chi connectivity index (χ0) is 21.4. The zero-order valence-corrected chi connectivity index (χ0v) is 18.4. The highest BCUT2D eigenvalue weighted by molar-refractivity contribution is 5.95. The number of hydrogen-bond acceptors (Lipinski definition) is 6. The summed E-state index contributed by atoms with van der Waals surface area (Å²) in [6.45, 7) is 3.65. The van der Waals surface area contributed by atoms with Crippen molar-refractivity contribution in [2.75, 3.05) is 57.3 Å². The summed E-state index contributed by atoms with van der Waals surface area (Å²) < 4.78 is 16.7. The highest BCUT2D eigenvalue weighted by atomic mass is 16.5. The summed E-state index contributed by atoms with van der Waals surface area (Å²) >= 11 is 0. The van der Waals surface area contributed by atoms with Crippen molar-refractivity contribution in [3.63, 3.8) is 0 Å². The van der Waals surface area contributed by atoms with Gasteiger partial charge < -0.3 is 24.0 Å². The number of piperazine rings is 1. The molecule has 0 unspecified atom stereocenters. The summed E-state index contributed by atoms with van der Waals surface area (Å²) in [5, 5.41) is 2.28. The predicted molar refractivity (Wildman–Crippen MR) is 124 cm³/mol. The van der Waals surface area contributed by atoms with Gasteiger partial charge in [-0.1, -0.05) is 12.1 Å². The van der Waals surface area contributed by atoms with Gasteiger partial charge in [-0.3, -0.25) is 0 Å². The monoisotopic (exact) mass is 419 g/mol. The molecule has 1 saturated carbocycles. The lowest BCUT2D eigenvalue weighted by Crippen LogP contribution is -2.47. The van der Waals surface area contributed by atoms with Crippen LogP contribution in [0.2, 0.25) is 0 Å². The molecule has 3 aromatic rings. The third-order valence-corrected chi connectivity index (χ3v) is 6.34. The lowest BCUT2D eigenvalue weighted by atomic mass is 10.1. The van der Waals surface area contributed by atoms with E-state index in [4.69, 9.17) is 19.2 Å². The number of fused-ring (bicyclic) bond motifs is 1. The Morgan fingerprint density at radius 1 is 0.774 bits per heavy atom. The second kappa shape index (κ2) is 8.17. The first-order valence-corrected chi connectivity index (χ1v) is 10.9. The summed E-state index contributed by atoms with van der Waals surface area (Å²) in [7, 11) is 5.10. The quantitative estimate of drug-likeness (QED) is 0.588. The number of hydrogen-bond donors (Lipinski definition) is 0. The van der Waals surface area contributed by atoms with E-state index in [2.05, 4.69) is 40.1 Å². The van der Waals surface area contributed by atoms with Crippen LogP contribution in [0.3, 0.4) is 0 Å². The molecular formula is C25H29N3O3. The number of para-hydroxylation sites is 2. The topological polar surface area (TPSA) is 47.1 Å². The van der Waals surface area contributed by atoms with Gasteiger partial charge in [-0.2, -0.15) is 0 Å². The Hall–Kier alpha value is -3.15. The molecule has 1 saturated heterocycles. The van der Waals surface area contributed by atoms with Crippen molar-refractivity contribution < 1.29 is 14.2 Å². The molecule has 1 aliphatic carbocycles. The molecule has 0 amide bonds. The van der Waals surface area contributed by atoms with E-state index in [0.29, 0.717) is 5.92 Å². The highest BCUT2D eigenvalue weighted by Gasteiger charge is 2.28. The maximum absolute atomic E-state index is 5.58. The molecule has 2 heterocycles. The van der Waals surface area contributed by atoms with Crippen molar-refractivity contribution in [2.45, 2.75) is 18.8 Å². The van der Waals surface area contributed by atoms with Gasteiger partial charge in [0.2, 0.25) is 0 Å². The Kier molecular flexibility index (Phi) is 5.22. The van der Waals surface area contributed by atoms with E-state index in [1.54, 1.807) is 21.3 Å². The van der Waals surface area contributed by atoms with Gasteiger partial charge in [-0.25, -0.2) is 4.98 Å². The summed E-state index contributed by atoms with van der Waals surface area (Å²) in [6, 6.07) is 14.6. The van der Waals surface area contributed by atoms with Crippen molar-refractivity contribution in [2.24, 2.45) is 0 Å². The largest absolute Gasteiger partial charge is 0.495 e. The summed E-state index contributed by atoms with van der Waals surface area (Å²) in [5.74, 6) is 4.07. The first kappa shape index (κ1) is 19.8. The van der Waals surface area contributed by atoms with Crippen LogP contribution < -0.4 is 24.0 Å². The molecule has 0 spiro atoms. The van der Waals surface area contributed by atoms with Crippen molar-refractivity contribution in [1.29, 1.82) is 0 Å². The molecule has 162 valence electrons. The van der Waals surface area contributed by atoms with Gasteiger partial charge in [0.25, 0.3) is 0 Å². The fourth-order valence-electron chi connectivity index (χ4n) is 4.46. The van der Waals surface area contributed by atoms with Crippen LogP contribution in [0.25, 0.3) is 10.8 Å². The normalized spacial score (nSPS) is 16.5. The van der Waals surface area contributed by atoms with E-state index >= 15 is 0 Å². The number of ether oxygens (including phenoxy) is 3. The third kappa shape index (κ3) is 3.71.